The van der Waals surface area contributed by atoms with Crippen molar-refractivity contribution < 1.29 is 14.3 Å². The zero-order valence-corrected chi connectivity index (χ0v) is 13.7. The Morgan fingerprint density at radius 1 is 1.18 bits per heavy atom. The smallest absolute Gasteiger partial charge is 0.255 e. The number of amides is 1. The maximum absolute atomic E-state index is 12.4. The van der Waals surface area contributed by atoms with Gasteiger partial charge in [-0.2, -0.15) is 0 Å². The van der Waals surface area contributed by atoms with Gasteiger partial charge in [-0.1, -0.05) is 12.1 Å². The van der Waals surface area contributed by atoms with Crippen LogP contribution in [0.4, 0.5) is 5.69 Å². The average molecular weight is 317 g/mol. The predicted octanol–water partition coefficient (Wildman–Crippen LogP) is 3.82. The Balaban J connectivity index is 2.24. The number of ether oxygens (including phenoxy) is 2. The third-order valence-electron chi connectivity index (χ3n) is 3.20. The summed E-state index contributed by atoms with van der Waals surface area (Å²) in [6, 6.07) is 13.0. The van der Waals surface area contributed by atoms with Crippen LogP contribution in [0.2, 0.25) is 0 Å². The van der Waals surface area contributed by atoms with Gasteiger partial charge in [-0.05, 0) is 36.6 Å². The molecule has 1 amide bonds. The molecule has 116 valence electrons. The topological polar surface area (TPSA) is 47.6 Å². The summed E-state index contributed by atoms with van der Waals surface area (Å²) in [7, 11) is 3.21. The Morgan fingerprint density at radius 2 is 1.95 bits per heavy atom. The third kappa shape index (κ3) is 3.81. The van der Waals surface area contributed by atoms with E-state index in [2.05, 4.69) is 5.32 Å². The van der Waals surface area contributed by atoms with Gasteiger partial charge < -0.3 is 14.8 Å². The maximum atomic E-state index is 12.4. The number of carbonyl (C=O) groups is 1. The molecule has 0 aliphatic rings. The van der Waals surface area contributed by atoms with E-state index >= 15 is 0 Å². The van der Waals surface area contributed by atoms with Gasteiger partial charge >= 0.3 is 0 Å². The summed E-state index contributed by atoms with van der Waals surface area (Å²) < 4.78 is 10.4. The molecule has 0 heterocycles. The van der Waals surface area contributed by atoms with E-state index in [1.54, 1.807) is 44.2 Å². The molecule has 0 saturated heterocycles. The molecular weight excluding hydrogens is 298 g/mol. The van der Waals surface area contributed by atoms with E-state index in [0.29, 0.717) is 17.9 Å². The van der Waals surface area contributed by atoms with Crippen LogP contribution in [0, 0.1) is 0 Å². The van der Waals surface area contributed by atoms with Crippen molar-refractivity contribution in [3.8, 4) is 5.75 Å². The Bertz CT molecular complexity index is 658. The van der Waals surface area contributed by atoms with Gasteiger partial charge in [-0.15, -0.1) is 11.8 Å². The molecule has 0 atom stereocenters. The average Bonchev–Trinajstić information content (AvgIpc) is 2.55. The van der Waals surface area contributed by atoms with E-state index in [-0.39, 0.29) is 5.91 Å². The lowest BCUT2D eigenvalue weighted by molar-refractivity contribution is 0.102. The number of carbonyl (C=O) groups excluding carboxylic acids is 1. The number of para-hydroxylation sites is 1. The molecule has 1 N–H and O–H groups in total. The highest BCUT2D eigenvalue weighted by Gasteiger charge is 2.12. The second-order valence-corrected chi connectivity index (χ2v) is 5.46. The van der Waals surface area contributed by atoms with Crippen LogP contribution in [-0.4, -0.2) is 26.4 Å². The quantitative estimate of drug-likeness (QED) is 0.823. The number of hydrogen-bond acceptors (Lipinski definition) is 4. The standard InChI is InChI=1S/C17H19NO3S/c1-20-11-13-10-12(8-9-15(13)21-2)17(19)18-14-6-4-5-7-16(14)22-3/h4-10H,11H2,1-3H3,(H,18,19). The van der Waals surface area contributed by atoms with Crippen molar-refractivity contribution in [2.24, 2.45) is 0 Å². The minimum atomic E-state index is -0.151. The van der Waals surface area contributed by atoms with Gasteiger partial charge in [0, 0.05) is 23.1 Å². The van der Waals surface area contributed by atoms with Crippen molar-refractivity contribution in [3.05, 3.63) is 53.6 Å². The molecule has 0 spiro atoms. The first-order valence-electron chi connectivity index (χ1n) is 6.79. The highest BCUT2D eigenvalue weighted by molar-refractivity contribution is 7.98. The molecule has 0 saturated carbocycles. The first kappa shape index (κ1) is 16.4. The molecule has 4 nitrogen and oxygen atoms in total. The Kier molecular flexibility index (Phi) is 5.86. The van der Waals surface area contributed by atoms with Crippen molar-refractivity contribution in [3.63, 3.8) is 0 Å². The van der Waals surface area contributed by atoms with E-state index in [9.17, 15) is 4.79 Å². The Labute approximate surface area is 134 Å². The van der Waals surface area contributed by atoms with Crippen molar-refractivity contribution in [2.75, 3.05) is 25.8 Å². The maximum Gasteiger partial charge on any atom is 0.255 e. The molecule has 0 radical (unpaired) electrons. The van der Waals surface area contributed by atoms with Crippen LogP contribution in [0.25, 0.3) is 0 Å². The molecule has 0 unspecified atom stereocenters. The SMILES string of the molecule is COCc1cc(C(=O)Nc2ccccc2SC)ccc1OC. The highest BCUT2D eigenvalue weighted by atomic mass is 32.2. The molecule has 2 aromatic carbocycles. The largest absolute Gasteiger partial charge is 0.496 e. The first-order valence-corrected chi connectivity index (χ1v) is 8.02. The summed E-state index contributed by atoms with van der Waals surface area (Å²) in [5.41, 5.74) is 2.23. The van der Waals surface area contributed by atoms with Crippen LogP contribution in [0.15, 0.2) is 47.4 Å². The van der Waals surface area contributed by atoms with E-state index in [0.717, 1.165) is 16.1 Å². The fourth-order valence-corrected chi connectivity index (χ4v) is 2.68. The predicted molar refractivity (Wildman–Crippen MR) is 89.9 cm³/mol. The van der Waals surface area contributed by atoms with Crippen LogP contribution in [0.3, 0.4) is 0 Å². The number of hydrogen-bond donors (Lipinski definition) is 1. The fourth-order valence-electron chi connectivity index (χ4n) is 2.13. The van der Waals surface area contributed by atoms with Gasteiger partial charge in [0.15, 0.2) is 0 Å². The molecule has 0 bridgehead atoms. The lowest BCUT2D eigenvalue weighted by Crippen LogP contribution is -2.13. The minimum Gasteiger partial charge on any atom is -0.496 e. The summed E-state index contributed by atoms with van der Waals surface area (Å²) >= 11 is 1.60. The van der Waals surface area contributed by atoms with E-state index in [1.165, 1.54) is 0 Å². The van der Waals surface area contributed by atoms with Gasteiger partial charge in [0.2, 0.25) is 0 Å². The van der Waals surface area contributed by atoms with Crippen LogP contribution in [0.1, 0.15) is 15.9 Å². The fraction of sp³-hybridized carbons (Fsp3) is 0.235. The van der Waals surface area contributed by atoms with Gasteiger partial charge in [0.1, 0.15) is 5.75 Å². The molecule has 5 heteroatoms. The van der Waals surface area contributed by atoms with Crippen LogP contribution in [-0.2, 0) is 11.3 Å². The van der Waals surface area contributed by atoms with E-state index < -0.39 is 0 Å². The summed E-state index contributed by atoms with van der Waals surface area (Å²) in [5, 5.41) is 2.94. The molecule has 2 rings (SSSR count). The van der Waals surface area contributed by atoms with Crippen molar-refractivity contribution in [1.29, 1.82) is 0 Å². The second-order valence-electron chi connectivity index (χ2n) is 4.61. The molecule has 22 heavy (non-hydrogen) atoms. The molecule has 0 fully saturated rings. The zero-order valence-electron chi connectivity index (χ0n) is 12.9. The number of nitrogens with one attached hydrogen (secondary N) is 1. The number of benzene rings is 2. The Morgan fingerprint density at radius 3 is 2.64 bits per heavy atom. The van der Waals surface area contributed by atoms with Crippen molar-refractivity contribution in [1.82, 2.24) is 0 Å². The van der Waals surface area contributed by atoms with Crippen LogP contribution >= 0.6 is 11.8 Å². The summed E-state index contributed by atoms with van der Waals surface area (Å²) in [4.78, 5) is 13.5. The normalized spacial score (nSPS) is 10.3. The third-order valence-corrected chi connectivity index (χ3v) is 3.99. The summed E-state index contributed by atoms with van der Waals surface area (Å²) in [6.07, 6.45) is 1.98. The van der Waals surface area contributed by atoms with Crippen LogP contribution in [0.5, 0.6) is 5.75 Å². The van der Waals surface area contributed by atoms with E-state index in [4.69, 9.17) is 9.47 Å². The van der Waals surface area contributed by atoms with E-state index in [1.807, 2.05) is 30.5 Å². The summed E-state index contributed by atoms with van der Waals surface area (Å²) in [6.45, 7) is 0.395. The lowest BCUT2D eigenvalue weighted by atomic mass is 10.1. The zero-order chi connectivity index (χ0) is 15.9. The van der Waals surface area contributed by atoms with Gasteiger partial charge in [0.05, 0.1) is 19.4 Å². The minimum absolute atomic E-state index is 0.151. The number of rotatable bonds is 6. The second kappa shape index (κ2) is 7.87. The Hall–Kier alpha value is -1.98. The molecular formula is C17H19NO3S. The first-order chi connectivity index (χ1) is 10.7. The molecule has 0 aliphatic heterocycles. The van der Waals surface area contributed by atoms with Crippen molar-refractivity contribution >= 4 is 23.4 Å². The molecule has 0 aliphatic carbocycles. The van der Waals surface area contributed by atoms with Crippen molar-refractivity contribution in [2.45, 2.75) is 11.5 Å². The lowest BCUT2D eigenvalue weighted by Gasteiger charge is -2.12. The summed E-state index contributed by atoms with van der Waals surface area (Å²) in [5.74, 6) is 0.560. The molecule has 0 aromatic heterocycles. The number of methoxy groups -OCH3 is 2. The van der Waals surface area contributed by atoms with Gasteiger partial charge in [-0.25, -0.2) is 0 Å². The highest BCUT2D eigenvalue weighted by Crippen LogP contribution is 2.26. The van der Waals surface area contributed by atoms with Crippen LogP contribution < -0.4 is 10.1 Å². The van der Waals surface area contributed by atoms with Gasteiger partial charge in [-0.3, -0.25) is 4.79 Å². The number of anilines is 1. The monoisotopic (exact) mass is 317 g/mol. The van der Waals surface area contributed by atoms with Gasteiger partial charge in [0.25, 0.3) is 5.91 Å². The number of thioether (sulfide) groups is 1. The molecule has 2 aromatic rings.